The summed E-state index contributed by atoms with van der Waals surface area (Å²) in [6.45, 7) is 4.41. The van der Waals surface area contributed by atoms with Crippen molar-refractivity contribution in [1.82, 2.24) is 4.98 Å². The Kier molecular flexibility index (Phi) is 6.26. The predicted molar refractivity (Wildman–Crippen MR) is 85.8 cm³/mol. The van der Waals surface area contributed by atoms with E-state index >= 15 is 0 Å². The second kappa shape index (κ2) is 7.57. The van der Waals surface area contributed by atoms with Gasteiger partial charge >= 0.3 is 22.1 Å². The largest absolute Gasteiger partial charge is 0.457 e. The fraction of sp³-hybridized carbons (Fsp3) is 0.500. The predicted octanol–water partition coefficient (Wildman–Crippen LogP) is 0.291. The number of rotatable bonds is 6. The average Bonchev–Trinajstić information content (AvgIpc) is 2.76. The van der Waals surface area contributed by atoms with E-state index in [4.69, 9.17) is 15.3 Å². The molecular formula is C12H17N3O7S2. The number of nitrogen functional groups attached to an aromatic ring is 1. The van der Waals surface area contributed by atoms with E-state index in [2.05, 4.69) is 14.3 Å². The van der Waals surface area contributed by atoms with Gasteiger partial charge in [0, 0.05) is 5.38 Å². The summed E-state index contributed by atoms with van der Waals surface area (Å²) in [5.74, 6) is -2.04. The molecule has 0 amide bonds. The minimum absolute atomic E-state index is 0.0460. The lowest BCUT2D eigenvalue weighted by Gasteiger charge is -2.18. The number of nitrogens with zero attached hydrogens (tertiary/aromatic N) is 2. The molecule has 0 bridgehead atoms. The Labute approximate surface area is 142 Å². The van der Waals surface area contributed by atoms with Gasteiger partial charge in [0.25, 0.3) is 0 Å². The van der Waals surface area contributed by atoms with Crippen LogP contribution in [0, 0.1) is 0 Å². The molecule has 1 aromatic rings. The van der Waals surface area contributed by atoms with E-state index in [1.54, 1.807) is 20.8 Å². The monoisotopic (exact) mass is 379 g/mol. The van der Waals surface area contributed by atoms with Crippen LogP contribution in [-0.4, -0.2) is 49.5 Å². The summed E-state index contributed by atoms with van der Waals surface area (Å²) in [4.78, 5) is 31.9. The molecule has 0 radical (unpaired) electrons. The van der Waals surface area contributed by atoms with Crippen molar-refractivity contribution in [2.75, 3.05) is 18.6 Å². The van der Waals surface area contributed by atoms with Crippen molar-refractivity contribution in [1.29, 1.82) is 0 Å². The highest BCUT2D eigenvalue weighted by atomic mass is 32.2. The van der Waals surface area contributed by atoms with E-state index in [0.717, 1.165) is 11.3 Å². The standard InChI is InChI=1S/C12H17N3O7S2/c1-12(2,3)21-8(16)5-20-15-9(7-6-23-11(13)14-7)10(17)22-24(4,18)19/h6H,5H2,1-4H3,(H2,13,14). The number of nitrogens with two attached hydrogens (primary N) is 1. The van der Waals surface area contributed by atoms with Crippen molar-refractivity contribution in [2.45, 2.75) is 26.4 Å². The number of oxime groups is 1. The Hall–Kier alpha value is -2.21. The Morgan fingerprint density at radius 3 is 2.46 bits per heavy atom. The number of carbonyl (C=O) groups excluding carboxylic acids is 2. The van der Waals surface area contributed by atoms with Gasteiger partial charge in [-0.2, -0.15) is 8.42 Å². The maximum absolute atomic E-state index is 11.9. The SMILES string of the molecule is CC(C)(C)OC(=O)CON=C(C(=O)OS(C)(=O)=O)c1csc(N)n1. The molecule has 0 spiro atoms. The van der Waals surface area contributed by atoms with Crippen LogP contribution in [-0.2, 0) is 33.5 Å². The Morgan fingerprint density at radius 2 is 2.00 bits per heavy atom. The maximum atomic E-state index is 11.9. The fourth-order valence-electron chi connectivity index (χ4n) is 1.28. The third kappa shape index (κ3) is 7.37. The Balaban J connectivity index is 2.89. The van der Waals surface area contributed by atoms with Crippen LogP contribution in [0.1, 0.15) is 26.5 Å². The van der Waals surface area contributed by atoms with Gasteiger partial charge < -0.3 is 19.5 Å². The number of esters is 1. The molecule has 0 aromatic carbocycles. The van der Waals surface area contributed by atoms with Crippen LogP contribution in [0.3, 0.4) is 0 Å². The highest BCUT2D eigenvalue weighted by Gasteiger charge is 2.24. The number of hydrogen-bond acceptors (Lipinski definition) is 11. The molecular weight excluding hydrogens is 362 g/mol. The van der Waals surface area contributed by atoms with Gasteiger partial charge in [0.15, 0.2) is 5.13 Å². The number of thiazole rings is 1. The first-order valence-electron chi connectivity index (χ1n) is 6.44. The molecule has 10 nitrogen and oxygen atoms in total. The molecule has 2 N–H and O–H groups in total. The number of hydrogen-bond donors (Lipinski definition) is 1. The van der Waals surface area contributed by atoms with E-state index in [1.165, 1.54) is 5.38 Å². The molecule has 0 atom stereocenters. The zero-order valence-electron chi connectivity index (χ0n) is 13.4. The lowest BCUT2D eigenvalue weighted by atomic mass is 10.2. The average molecular weight is 379 g/mol. The zero-order valence-corrected chi connectivity index (χ0v) is 15.1. The quantitative estimate of drug-likeness (QED) is 0.319. The summed E-state index contributed by atoms with van der Waals surface area (Å²) in [5, 5.41) is 4.90. The molecule has 0 unspecified atom stereocenters. The Morgan fingerprint density at radius 1 is 1.38 bits per heavy atom. The maximum Gasteiger partial charge on any atom is 0.378 e. The van der Waals surface area contributed by atoms with Crippen LogP contribution >= 0.6 is 11.3 Å². The summed E-state index contributed by atoms with van der Waals surface area (Å²) in [6, 6.07) is 0. The minimum atomic E-state index is -4.07. The molecule has 134 valence electrons. The highest BCUT2D eigenvalue weighted by Crippen LogP contribution is 2.13. The fourth-order valence-corrected chi connectivity index (χ4v) is 2.18. The highest BCUT2D eigenvalue weighted by molar-refractivity contribution is 7.86. The first-order chi connectivity index (χ1) is 10.9. The molecule has 1 rings (SSSR count). The van der Waals surface area contributed by atoms with Crippen molar-refractivity contribution >= 4 is 44.2 Å². The van der Waals surface area contributed by atoms with E-state index < -0.39 is 40.0 Å². The normalized spacial score (nSPS) is 12.6. The first-order valence-corrected chi connectivity index (χ1v) is 9.14. The van der Waals surface area contributed by atoms with E-state index in [0.29, 0.717) is 6.26 Å². The van der Waals surface area contributed by atoms with Crippen molar-refractivity contribution in [2.24, 2.45) is 5.16 Å². The molecule has 0 aliphatic heterocycles. The molecule has 0 saturated heterocycles. The van der Waals surface area contributed by atoms with Crippen LogP contribution in [0.25, 0.3) is 0 Å². The molecule has 0 saturated carbocycles. The lowest BCUT2D eigenvalue weighted by molar-refractivity contribution is -0.160. The second-order valence-electron chi connectivity index (χ2n) is 5.45. The minimum Gasteiger partial charge on any atom is -0.457 e. The van der Waals surface area contributed by atoms with Gasteiger partial charge in [-0.15, -0.1) is 11.3 Å². The number of anilines is 1. The van der Waals surface area contributed by atoms with Crippen molar-refractivity contribution in [3.05, 3.63) is 11.1 Å². The first kappa shape index (κ1) is 19.8. The molecule has 0 aliphatic carbocycles. The second-order valence-corrected chi connectivity index (χ2v) is 7.91. The van der Waals surface area contributed by atoms with Crippen molar-refractivity contribution in [3.63, 3.8) is 0 Å². The van der Waals surface area contributed by atoms with Crippen LogP contribution in [0.5, 0.6) is 0 Å². The van der Waals surface area contributed by atoms with Gasteiger partial charge in [0.1, 0.15) is 11.3 Å². The summed E-state index contributed by atoms with van der Waals surface area (Å²) in [5.41, 5.74) is 4.15. The van der Waals surface area contributed by atoms with Gasteiger partial charge in [-0.05, 0) is 20.8 Å². The third-order valence-corrected chi connectivity index (χ3v) is 3.07. The lowest BCUT2D eigenvalue weighted by Crippen LogP contribution is -2.27. The number of ether oxygens (including phenoxy) is 1. The van der Waals surface area contributed by atoms with Gasteiger partial charge in [0.05, 0.1) is 6.26 Å². The Bertz CT molecular complexity index is 747. The van der Waals surface area contributed by atoms with Gasteiger partial charge in [-0.25, -0.2) is 14.6 Å². The topological polar surface area (TPSA) is 147 Å². The number of aromatic nitrogens is 1. The summed E-state index contributed by atoms with van der Waals surface area (Å²) < 4.78 is 31.4. The van der Waals surface area contributed by atoms with Crippen LogP contribution < -0.4 is 5.73 Å². The van der Waals surface area contributed by atoms with Crippen molar-refractivity contribution in [3.8, 4) is 0 Å². The van der Waals surface area contributed by atoms with E-state index in [-0.39, 0.29) is 10.8 Å². The summed E-state index contributed by atoms with van der Waals surface area (Å²) >= 11 is 0.997. The van der Waals surface area contributed by atoms with Crippen molar-refractivity contribution < 1.29 is 31.8 Å². The van der Waals surface area contributed by atoms with Gasteiger partial charge in [0.2, 0.25) is 12.3 Å². The molecule has 1 heterocycles. The number of carbonyl (C=O) groups is 2. The van der Waals surface area contributed by atoms with Crippen LogP contribution in [0.2, 0.25) is 0 Å². The van der Waals surface area contributed by atoms with E-state index in [9.17, 15) is 18.0 Å². The summed E-state index contributed by atoms with van der Waals surface area (Å²) in [6.07, 6.45) is 0.694. The van der Waals surface area contributed by atoms with Crippen LogP contribution in [0.4, 0.5) is 5.13 Å². The van der Waals surface area contributed by atoms with Gasteiger partial charge in [-0.1, -0.05) is 5.16 Å². The van der Waals surface area contributed by atoms with E-state index in [1.807, 2.05) is 0 Å². The summed E-state index contributed by atoms with van der Waals surface area (Å²) in [7, 11) is -4.07. The zero-order chi connectivity index (χ0) is 18.5. The molecule has 24 heavy (non-hydrogen) atoms. The van der Waals surface area contributed by atoms with Gasteiger partial charge in [-0.3, -0.25) is 0 Å². The molecule has 1 aromatic heterocycles. The molecule has 0 fully saturated rings. The molecule has 12 heteroatoms. The third-order valence-electron chi connectivity index (χ3n) is 1.94. The smallest absolute Gasteiger partial charge is 0.378 e. The molecule has 0 aliphatic rings. The van der Waals surface area contributed by atoms with Crippen LogP contribution in [0.15, 0.2) is 10.5 Å².